The van der Waals surface area contributed by atoms with Crippen LogP contribution in [-0.2, 0) is 21.4 Å². The fourth-order valence-electron chi connectivity index (χ4n) is 3.61. The van der Waals surface area contributed by atoms with Crippen LogP contribution in [0.15, 0.2) is 41.8 Å². The van der Waals surface area contributed by atoms with E-state index in [-0.39, 0.29) is 18.1 Å². The van der Waals surface area contributed by atoms with Crippen LogP contribution in [0.2, 0.25) is 0 Å². The first-order valence-corrected chi connectivity index (χ1v) is 13.3. The fraction of sp³-hybridized carbons (Fsp3) is 0.217. The van der Waals surface area contributed by atoms with Crippen LogP contribution in [0.5, 0.6) is 5.75 Å². The van der Waals surface area contributed by atoms with Crippen LogP contribution in [0.4, 0.5) is 0 Å². The van der Waals surface area contributed by atoms with Crippen LogP contribution in [0.3, 0.4) is 0 Å². The van der Waals surface area contributed by atoms with Crippen LogP contribution < -0.4 is 9.30 Å². The average Bonchev–Trinajstić information content (AvgIpc) is 3.41. The molecule has 2 aromatic heterocycles. The van der Waals surface area contributed by atoms with Crippen LogP contribution >= 0.6 is 22.7 Å². The number of esters is 1. The Morgan fingerprint density at radius 2 is 1.91 bits per heavy atom. The molecule has 4 rings (SSSR count). The van der Waals surface area contributed by atoms with Gasteiger partial charge in [0.05, 0.1) is 25.5 Å². The zero-order valence-corrected chi connectivity index (χ0v) is 20.4. The molecule has 0 radical (unpaired) electrons. The smallest absolute Gasteiger partial charge is 0.337 e. The second kappa shape index (κ2) is 9.60. The number of ether oxygens (including phenoxy) is 2. The first-order chi connectivity index (χ1) is 15.8. The van der Waals surface area contributed by atoms with E-state index in [0.29, 0.717) is 12.1 Å². The summed E-state index contributed by atoms with van der Waals surface area (Å²) in [5.74, 6) is 0.0961. The van der Waals surface area contributed by atoms with Gasteiger partial charge in [0.2, 0.25) is 5.52 Å². The topological polar surface area (TPSA) is 93.8 Å². The lowest BCUT2D eigenvalue weighted by Crippen LogP contribution is -2.36. The van der Waals surface area contributed by atoms with E-state index in [4.69, 9.17) is 9.47 Å². The van der Waals surface area contributed by atoms with Gasteiger partial charge in [-0.25, -0.2) is 4.79 Å². The van der Waals surface area contributed by atoms with Crippen molar-refractivity contribution < 1.29 is 31.8 Å². The molecule has 0 bridgehead atoms. The number of carbonyl (C=O) groups is 1. The number of rotatable bonds is 8. The van der Waals surface area contributed by atoms with Crippen LogP contribution in [-0.4, -0.2) is 38.9 Å². The number of methoxy groups -OCH3 is 2. The first kappa shape index (κ1) is 23.4. The zero-order valence-electron chi connectivity index (χ0n) is 18.0. The molecule has 0 saturated heterocycles. The van der Waals surface area contributed by atoms with Crippen molar-refractivity contribution in [3.8, 4) is 5.75 Å². The molecule has 2 aromatic carbocycles. The summed E-state index contributed by atoms with van der Waals surface area (Å²) in [4.78, 5) is 11.6. The molecular weight excluding hydrogens is 482 g/mol. The summed E-state index contributed by atoms with van der Waals surface area (Å²) in [6.07, 6.45) is 4.19. The number of hydrogen-bond acceptors (Lipinski definition) is 7. The maximum Gasteiger partial charge on any atom is 0.337 e. The molecular formula is C23H22NO6S3+. The quantitative estimate of drug-likeness (QED) is 0.213. The Morgan fingerprint density at radius 1 is 1.15 bits per heavy atom. The second-order valence-electron chi connectivity index (χ2n) is 7.27. The van der Waals surface area contributed by atoms with E-state index in [9.17, 15) is 17.8 Å². The Morgan fingerprint density at radius 3 is 2.58 bits per heavy atom. The summed E-state index contributed by atoms with van der Waals surface area (Å²) in [5.41, 5.74) is 2.40. The minimum absolute atomic E-state index is 0.281. The van der Waals surface area contributed by atoms with Crippen molar-refractivity contribution in [2.24, 2.45) is 0 Å². The van der Waals surface area contributed by atoms with Gasteiger partial charge in [-0.1, -0.05) is 23.5 Å². The van der Waals surface area contributed by atoms with E-state index in [1.807, 2.05) is 41.8 Å². The van der Waals surface area contributed by atoms with Crippen molar-refractivity contribution >= 4 is 71.2 Å². The van der Waals surface area contributed by atoms with Gasteiger partial charge in [-0.2, -0.15) is 13.0 Å². The van der Waals surface area contributed by atoms with E-state index in [2.05, 4.69) is 4.57 Å². The number of fused-ring (bicyclic) bond motifs is 3. The van der Waals surface area contributed by atoms with Gasteiger partial charge in [0.25, 0.3) is 15.1 Å². The lowest BCUT2D eigenvalue weighted by atomic mass is 10.1. The van der Waals surface area contributed by atoms with Gasteiger partial charge in [-0.3, -0.25) is 4.55 Å². The predicted octanol–water partition coefficient (Wildman–Crippen LogP) is 4.65. The average molecular weight is 505 g/mol. The number of aromatic nitrogens is 1. The molecule has 0 unspecified atom stereocenters. The third-order valence-electron chi connectivity index (χ3n) is 5.15. The highest BCUT2D eigenvalue weighted by Crippen LogP contribution is 2.38. The highest BCUT2D eigenvalue weighted by Gasteiger charge is 2.24. The number of benzene rings is 2. The van der Waals surface area contributed by atoms with Crippen LogP contribution in [0, 0.1) is 0 Å². The number of nitrogens with zero attached hydrogens (tertiary/aromatic N) is 1. The summed E-state index contributed by atoms with van der Waals surface area (Å²) in [7, 11) is -1.05. The second-order valence-corrected chi connectivity index (χ2v) is 10.8. The summed E-state index contributed by atoms with van der Waals surface area (Å²) < 4.78 is 46.2. The Kier molecular flexibility index (Phi) is 6.80. The van der Waals surface area contributed by atoms with Crippen molar-refractivity contribution in [3.63, 3.8) is 0 Å². The lowest BCUT2D eigenvalue weighted by molar-refractivity contribution is -0.667. The molecule has 2 heterocycles. The molecule has 0 fully saturated rings. The monoisotopic (exact) mass is 504 g/mol. The van der Waals surface area contributed by atoms with Gasteiger partial charge in [0, 0.05) is 23.9 Å². The molecule has 7 nitrogen and oxygen atoms in total. The summed E-state index contributed by atoms with van der Waals surface area (Å²) in [6, 6.07) is 11.1. The first-order valence-electron chi connectivity index (χ1n) is 10.0. The van der Waals surface area contributed by atoms with E-state index in [0.717, 1.165) is 36.6 Å². The maximum atomic E-state index is 11.6. The SMILES string of the molecule is COC(=O)c1ccc(C=Cc2sc3cc(OC)c4ccsc4c3[n+]2CCCS(=O)(=O)O)cc1. The Balaban J connectivity index is 1.76. The maximum absolute atomic E-state index is 11.6. The van der Waals surface area contributed by atoms with Crippen molar-refractivity contribution in [2.75, 3.05) is 20.0 Å². The van der Waals surface area contributed by atoms with E-state index < -0.39 is 10.1 Å². The highest BCUT2D eigenvalue weighted by atomic mass is 32.2. The Bertz CT molecular complexity index is 1450. The zero-order chi connectivity index (χ0) is 23.6. The van der Waals surface area contributed by atoms with Crippen molar-refractivity contribution in [1.82, 2.24) is 0 Å². The van der Waals surface area contributed by atoms with Gasteiger partial charge < -0.3 is 9.47 Å². The molecule has 0 amide bonds. The van der Waals surface area contributed by atoms with Crippen LogP contribution in [0.25, 0.3) is 32.5 Å². The van der Waals surface area contributed by atoms with Crippen molar-refractivity contribution in [3.05, 3.63) is 57.9 Å². The molecule has 4 aromatic rings. The lowest BCUT2D eigenvalue weighted by Gasteiger charge is -2.02. The van der Waals surface area contributed by atoms with Crippen LogP contribution in [0.1, 0.15) is 27.3 Å². The Labute approximate surface area is 199 Å². The largest absolute Gasteiger partial charge is 0.496 e. The minimum atomic E-state index is -4.04. The summed E-state index contributed by atoms with van der Waals surface area (Å²) in [6.45, 7) is 0.431. The molecule has 172 valence electrons. The van der Waals surface area contributed by atoms with Crippen molar-refractivity contribution in [1.29, 1.82) is 0 Å². The molecule has 33 heavy (non-hydrogen) atoms. The predicted molar refractivity (Wildman–Crippen MR) is 132 cm³/mol. The molecule has 0 spiro atoms. The Hall–Kier alpha value is -2.79. The molecule has 0 atom stereocenters. The fourth-order valence-corrected chi connectivity index (χ4v) is 6.27. The number of thiazole rings is 1. The standard InChI is InChI=1S/C23H21NO6S3/c1-29-18-14-19-21(22-17(18)10-12-31-22)24(11-3-13-33(26,27)28)20(32-19)9-6-15-4-7-16(8-5-15)23(25)30-2/h4-10,12,14H,3,11,13H2,1-2H3/p+1. The van der Waals surface area contributed by atoms with E-state index in [1.54, 1.807) is 41.9 Å². The highest BCUT2D eigenvalue weighted by molar-refractivity contribution is 7.85. The third-order valence-corrected chi connectivity index (χ3v) is 7.97. The molecule has 1 N–H and O–H groups in total. The number of hydrogen-bond donors (Lipinski definition) is 1. The molecule has 10 heteroatoms. The number of thiophene rings is 1. The number of aryl methyl sites for hydroxylation is 1. The minimum Gasteiger partial charge on any atom is -0.496 e. The number of carbonyl (C=O) groups excluding carboxylic acids is 1. The third kappa shape index (κ3) is 5.09. The molecule has 0 aliphatic carbocycles. The van der Waals surface area contributed by atoms with Crippen molar-refractivity contribution in [2.45, 2.75) is 13.0 Å². The molecule has 0 aliphatic rings. The molecule has 0 saturated carbocycles. The van der Waals surface area contributed by atoms with Gasteiger partial charge in [0.15, 0.2) is 6.54 Å². The van der Waals surface area contributed by atoms with Gasteiger partial charge >= 0.3 is 5.97 Å². The van der Waals surface area contributed by atoms with Gasteiger partial charge in [0.1, 0.15) is 15.1 Å². The van der Waals surface area contributed by atoms with E-state index >= 15 is 0 Å². The summed E-state index contributed by atoms with van der Waals surface area (Å²) in [5, 5.41) is 3.94. The summed E-state index contributed by atoms with van der Waals surface area (Å²) >= 11 is 3.18. The normalized spacial score (nSPS) is 12.1. The van der Waals surface area contributed by atoms with Gasteiger partial charge in [-0.15, -0.1) is 11.3 Å². The van der Waals surface area contributed by atoms with Gasteiger partial charge in [-0.05, 0) is 35.2 Å². The van der Waals surface area contributed by atoms with E-state index in [1.165, 1.54) is 7.11 Å². The molecule has 0 aliphatic heterocycles.